The molecule has 78 valence electrons. The fraction of sp³-hybridized carbons (Fsp3) is 0.0909. The Kier molecular flexibility index (Phi) is 3.49. The summed E-state index contributed by atoms with van der Waals surface area (Å²) in [6.07, 6.45) is 1.67. The van der Waals surface area contributed by atoms with Crippen LogP contribution in [0.5, 0.6) is 0 Å². The summed E-state index contributed by atoms with van der Waals surface area (Å²) < 4.78 is 7.36. The molecule has 0 amide bonds. The SMILES string of the molecule is Brc1ccc(NCc2occc2Br)cc1. The van der Waals surface area contributed by atoms with Crippen LogP contribution < -0.4 is 5.32 Å². The molecule has 1 aromatic carbocycles. The molecule has 1 N–H and O–H groups in total. The molecule has 1 aromatic heterocycles. The van der Waals surface area contributed by atoms with Gasteiger partial charge in [-0.3, -0.25) is 0 Å². The molecule has 0 aliphatic rings. The Labute approximate surface area is 105 Å². The van der Waals surface area contributed by atoms with Crippen LogP contribution in [0.1, 0.15) is 5.76 Å². The Bertz CT molecular complexity index is 436. The van der Waals surface area contributed by atoms with E-state index in [1.807, 2.05) is 30.3 Å². The molecule has 1 heterocycles. The van der Waals surface area contributed by atoms with E-state index >= 15 is 0 Å². The summed E-state index contributed by atoms with van der Waals surface area (Å²) in [5.41, 5.74) is 1.07. The number of furan rings is 1. The number of benzene rings is 1. The minimum Gasteiger partial charge on any atom is -0.466 e. The highest BCUT2D eigenvalue weighted by Crippen LogP contribution is 2.20. The molecular weight excluding hydrogens is 322 g/mol. The molecule has 0 spiro atoms. The number of anilines is 1. The number of hydrogen-bond acceptors (Lipinski definition) is 2. The van der Waals surface area contributed by atoms with Crippen molar-refractivity contribution in [2.75, 3.05) is 5.32 Å². The van der Waals surface area contributed by atoms with Crippen molar-refractivity contribution >= 4 is 37.5 Å². The molecule has 4 heteroatoms. The van der Waals surface area contributed by atoms with Gasteiger partial charge in [0.05, 0.1) is 17.3 Å². The molecule has 0 saturated heterocycles. The number of rotatable bonds is 3. The van der Waals surface area contributed by atoms with Gasteiger partial charge in [0.2, 0.25) is 0 Å². The van der Waals surface area contributed by atoms with Crippen LogP contribution in [0.3, 0.4) is 0 Å². The summed E-state index contributed by atoms with van der Waals surface area (Å²) in [5.74, 6) is 0.901. The molecule has 0 fully saturated rings. The van der Waals surface area contributed by atoms with Crippen molar-refractivity contribution in [1.29, 1.82) is 0 Å². The van der Waals surface area contributed by atoms with Gasteiger partial charge < -0.3 is 9.73 Å². The van der Waals surface area contributed by atoms with E-state index in [2.05, 4.69) is 37.2 Å². The molecule has 15 heavy (non-hydrogen) atoms. The van der Waals surface area contributed by atoms with Gasteiger partial charge in [0.25, 0.3) is 0 Å². The lowest BCUT2D eigenvalue weighted by molar-refractivity contribution is 0.516. The van der Waals surface area contributed by atoms with Crippen molar-refractivity contribution in [2.24, 2.45) is 0 Å². The summed E-state index contributed by atoms with van der Waals surface area (Å²) >= 11 is 6.80. The number of halogens is 2. The first kappa shape index (κ1) is 10.8. The third-order valence-corrected chi connectivity index (χ3v) is 3.22. The molecule has 2 rings (SSSR count). The van der Waals surface area contributed by atoms with E-state index in [1.165, 1.54) is 0 Å². The summed E-state index contributed by atoms with van der Waals surface area (Å²) in [6.45, 7) is 0.676. The Balaban J connectivity index is 1.99. The Morgan fingerprint density at radius 3 is 2.40 bits per heavy atom. The molecule has 2 nitrogen and oxygen atoms in total. The maximum Gasteiger partial charge on any atom is 0.136 e. The van der Waals surface area contributed by atoms with Gasteiger partial charge in [0, 0.05) is 10.2 Å². The van der Waals surface area contributed by atoms with Crippen molar-refractivity contribution in [3.8, 4) is 0 Å². The fourth-order valence-corrected chi connectivity index (χ4v) is 1.81. The van der Waals surface area contributed by atoms with Gasteiger partial charge >= 0.3 is 0 Å². The zero-order valence-corrected chi connectivity index (χ0v) is 11.0. The van der Waals surface area contributed by atoms with Crippen molar-refractivity contribution in [2.45, 2.75) is 6.54 Å². The normalized spacial score (nSPS) is 10.3. The third-order valence-electron chi connectivity index (χ3n) is 1.99. The van der Waals surface area contributed by atoms with Gasteiger partial charge in [-0.25, -0.2) is 0 Å². The van der Waals surface area contributed by atoms with Crippen LogP contribution in [0.2, 0.25) is 0 Å². The first-order valence-corrected chi connectivity index (χ1v) is 6.05. The highest BCUT2D eigenvalue weighted by atomic mass is 79.9. The topological polar surface area (TPSA) is 25.2 Å². The third kappa shape index (κ3) is 2.86. The molecule has 0 bridgehead atoms. The number of nitrogens with one attached hydrogen (secondary N) is 1. The van der Waals surface area contributed by atoms with Crippen LogP contribution in [0.25, 0.3) is 0 Å². The van der Waals surface area contributed by atoms with Gasteiger partial charge in [0.1, 0.15) is 5.76 Å². The second kappa shape index (κ2) is 4.86. The monoisotopic (exact) mass is 329 g/mol. The Hall–Kier alpha value is -0.740. The maximum atomic E-state index is 5.29. The molecule has 0 radical (unpaired) electrons. The van der Waals surface area contributed by atoms with E-state index in [4.69, 9.17) is 4.42 Å². The minimum absolute atomic E-state index is 0.676. The second-order valence-electron chi connectivity index (χ2n) is 3.05. The molecule has 0 aliphatic heterocycles. The van der Waals surface area contributed by atoms with E-state index in [1.54, 1.807) is 6.26 Å². The second-order valence-corrected chi connectivity index (χ2v) is 4.82. The van der Waals surface area contributed by atoms with Crippen LogP contribution in [-0.2, 0) is 6.54 Å². The largest absolute Gasteiger partial charge is 0.466 e. The lowest BCUT2D eigenvalue weighted by Crippen LogP contribution is -1.98. The van der Waals surface area contributed by atoms with Crippen molar-refractivity contribution < 1.29 is 4.42 Å². The summed E-state index contributed by atoms with van der Waals surface area (Å²) in [4.78, 5) is 0. The zero-order chi connectivity index (χ0) is 10.7. The highest BCUT2D eigenvalue weighted by molar-refractivity contribution is 9.10. The summed E-state index contributed by atoms with van der Waals surface area (Å²) in [5, 5.41) is 3.27. The van der Waals surface area contributed by atoms with E-state index < -0.39 is 0 Å². The van der Waals surface area contributed by atoms with Gasteiger partial charge in [-0.05, 0) is 46.3 Å². The number of hydrogen-bond donors (Lipinski definition) is 1. The smallest absolute Gasteiger partial charge is 0.136 e. The fourth-order valence-electron chi connectivity index (χ4n) is 1.20. The van der Waals surface area contributed by atoms with E-state index in [9.17, 15) is 0 Å². The Morgan fingerprint density at radius 2 is 1.80 bits per heavy atom. The predicted molar refractivity (Wildman–Crippen MR) is 67.9 cm³/mol. The summed E-state index contributed by atoms with van der Waals surface area (Å²) in [7, 11) is 0. The maximum absolute atomic E-state index is 5.29. The van der Waals surface area contributed by atoms with Crippen LogP contribution in [0.4, 0.5) is 5.69 Å². The zero-order valence-electron chi connectivity index (χ0n) is 7.84. The van der Waals surface area contributed by atoms with Crippen molar-refractivity contribution in [3.63, 3.8) is 0 Å². The Morgan fingerprint density at radius 1 is 1.07 bits per heavy atom. The van der Waals surface area contributed by atoms with Crippen LogP contribution in [0, 0.1) is 0 Å². The summed E-state index contributed by atoms with van der Waals surface area (Å²) in [6, 6.07) is 9.92. The molecule has 0 saturated carbocycles. The van der Waals surface area contributed by atoms with E-state index in [0.717, 1.165) is 20.4 Å². The van der Waals surface area contributed by atoms with E-state index in [-0.39, 0.29) is 0 Å². The lowest BCUT2D eigenvalue weighted by Gasteiger charge is -2.04. The average Bonchev–Trinajstić information content (AvgIpc) is 2.63. The van der Waals surface area contributed by atoms with Gasteiger partial charge in [-0.1, -0.05) is 15.9 Å². The molecule has 0 atom stereocenters. The van der Waals surface area contributed by atoms with Crippen LogP contribution in [-0.4, -0.2) is 0 Å². The van der Waals surface area contributed by atoms with Gasteiger partial charge in [-0.15, -0.1) is 0 Å². The molecule has 2 aromatic rings. The lowest BCUT2D eigenvalue weighted by atomic mass is 10.3. The van der Waals surface area contributed by atoms with Crippen LogP contribution >= 0.6 is 31.9 Å². The predicted octanol–water partition coefficient (Wildman–Crippen LogP) is 4.42. The molecule has 0 aliphatic carbocycles. The van der Waals surface area contributed by atoms with E-state index in [0.29, 0.717) is 6.54 Å². The van der Waals surface area contributed by atoms with Crippen LogP contribution in [0.15, 0.2) is 50.0 Å². The average molecular weight is 331 g/mol. The van der Waals surface area contributed by atoms with Gasteiger partial charge in [0.15, 0.2) is 0 Å². The highest BCUT2D eigenvalue weighted by Gasteiger charge is 2.02. The first-order valence-electron chi connectivity index (χ1n) is 4.47. The minimum atomic E-state index is 0.676. The van der Waals surface area contributed by atoms with Crippen molar-refractivity contribution in [3.05, 3.63) is 51.3 Å². The standard InChI is InChI=1S/C11H9Br2NO/c12-8-1-3-9(4-2-8)14-7-11-10(13)5-6-15-11/h1-6,14H,7H2. The van der Waals surface area contributed by atoms with Crippen molar-refractivity contribution in [1.82, 2.24) is 0 Å². The quantitative estimate of drug-likeness (QED) is 0.901. The molecule has 0 unspecified atom stereocenters. The first-order chi connectivity index (χ1) is 7.25. The van der Waals surface area contributed by atoms with Gasteiger partial charge in [-0.2, -0.15) is 0 Å². The molecular formula is C11H9Br2NO.